The number of unbranched alkanes of at least 4 members (excludes halogenated alkanes) is 2. The molecule has 3 aromatic rings. The fraction of sp³-hybridized carbons (Fsp3) is 0.282. The molecule has 12 heteroatoms. The molecule has 0 spiro atoms. The van der Waals surface area contributed by atoms with Crippen LogP contribution >= 0.6 is 11.8 Å². The minimum atomic E-state index is -0.582. The average molecular weight is 719 g/mol. The van der Waals surface area contributed by atoms with E-state index in [2.05, 4.69) is 13.2 Å². The van der Waals surface area contributed by atoms with E-state index in [1.165, 1.54) is 26.4 Å². The highest BCUT2D eigenvalue weighted by Gasteiger charge is 2.15. The molecule has 0 aliphatic heterocycles. The zero-order valence-electron chi connectivity index (χ0n) is 29.0. The summed E-state index contributed by atoms with van der Waals surface area (Å²) in [4.78, 5) is 48.6. The number of hydrogen-bond acceptors (Lipinski definition) is 12. The Balaban J connectivity index is 1.50. The molecule has 270 valence electrons. The van der Waals surface area contributed by atoms with Crippen LogP contribution in [-0.4, -0.2) is 63.7 Å². The van der Waals surface area contributed by atoms with Gasteiger partial charge in [-0.25, -0.2) is 14.4 Å². The van der Waals surface area contributed by atoms with Gasteiger partial charge in [-0.15, -0.1) is 0 Å². The summed E-state index contributed by atoms with van der Waals surface area (Å²) >= 11 is 1.05. The highest BCUT2D eigenvalue weighted by atomic mass is 32.2. The molecule has 51 heavy (non-hydrogen) atoms. The highest BCUT2D eigenvalue weighted by Crippen LogP contribution is 2.32. The normalized spacial score (nSPS) is 10.6. The molecule has 0 aliphatic carbocycles. The third-order valence-corrected chi connectivity index (χ3v) is 8.00. The fourth-order valence-corrected chi connectivity index (χ4v) is 5.04. The van der Waals surface area contributed by atoms with Gasteiger partial charge in [-0.3, -0.25) is 4.79 Å². The molecule has 0 saturated carbocycles. The molecule has 0 heterocycles. The second-order valence-corrected chi connectivity index (χ2v) is 11.7. The first-order chi connectivity index (χ1) is 24.7. The van der Waals surface area contributed by atoms with Crippen LogP contribution in [0.15, 0.2) is 90.9 Å². The van der Waals surface area contributed by atoms with Gasteiger partial charge in [0.25, 0.3) is 0 Å². The van der Waals surface area contributed by atoms with Crippen molar-refractivity contribution in [1.82, 2.24) is 0 Å². The van der Waals surface area contributed by atoms with E-state index in [9.17, 15) is 19.2 Å². The summed E-state index contributed by atoms with van der Waals surface area (Å²) < 4.78 is 37.9. The molecule has 3 rings (SSSR count). The van der Waals surface area contributed by atoms with Gasteiger partial charge < -0.3 is 33.2 Å². The third-order valence-electron chi connectivity index (χ3n) is 6.98. The molecule has 0 fully saturated rings. The molecule has 11 nitrogen and oxygen atoms in total. The zero-order chi connectivity index (χ0) is 37.0. The number of ether oxygens (including phenoxy) is 7. The molecule has 0 N–H and O–H groups in total. The van der Waals surface area contributed by atoms with Crippen LogP contribution in [0.5, 0.6) is 28.7 Å². The Labute approximate surface area is 302 Å². The molecule has 0 saturated heterocycles. The Hall–Kier alpha value is -5.49. The van der Waals surface area contributed by atoms with E-state index in [1.54, 1.807) is 48.5 Å². The lowest BCUT2D eigenvalue weighted by atomic mass is 10.2. The van der Waals surface area contributed by atoms with Gasteiger partial charge in [0, 0.05) is 17.0 Å². The van der Waals surface area contributed by atoms with Crippen molar-refractivity contribution in [2.75, 3.05) is 40.6 Å². The van der Waals surface area contributed by atoms with Gasteiger partial charge in [-0.1, -0.05) is 25.3 Å². The standard InChI is InChI=1S/C39H42O11S/c1-6-36(40)48-22-10-8-20-46-31-16-12-28(25-33(31)44-4)13-19-38(42)51-35-18-15-30(24-27(35)3)50-39(43)29-14-17-32(34(26-29)45-5)47-21-9-11-23-49-37(41)7-2/h6-7,12-19,24-26H,1-2,8-11,20-23H2,3-5H3. The molecular formula is C39H42O11S. The van der Waals surface area contributed by atoms with Crippen molar-refractivity contribution in [3.8, 4) is 28.7 Å². The van der Waals surface area contributed by atoms with E-state index in [1.807, 2.05) is 13.0 Å². The van der Waals surface area contributed by atoms with Crippen molar-refractivity contribution in [1.29, 1.82) is 0 Å². The quantitative estimate of drug-likeness (QED) is 0.0359. The monoisotopic (exact) mass is 718 g/mol. The molecular weight excluding hydrogens is 676 g/mol. The lowest BCUT2D eigenvalue weighted by Crippen LogP contribution is -2.09. The molecule has 0 aromatic heterocycles. The molecule has 0 aliphatic rings. The highest BCUT2D eigenvalue weighted by molar-refractivity contribution is 8.14. The van der Waals surface area contributed by atoms with Crippen LogP contribution in [0.4, 0.5) is 0 Å². The predicted octanol–water partition coefficient (Wildman–Crippen LogP) is 7.34. The van der Waals surface area contributed by atoms with Crippen molar-refractivity contribution in [3.05, 3.63) is 103 Å². The van der Waals surface area contributed by atoms with E-state index in [0.29, 0.717) is 79.1 Å². The number of methoxy groups -OCH3 is 2. The van der Waals surface area contributed by atoms with Gasteiger partial charge in [0.2, 0.25) is 5.12 Å². The lowest BCUT2D eigenvalue weighted by Gasteiger charge is -2.12. The Bertz CT molecular complexity index is 1710. The summed E-state index contributed by atoms with van der Waals surface area (Å²) in [6, 6.07) is 15.2. The second kappa shape index (κ2) is 21.6. The van der Waals surface area contributed by atoms with Crippen molar-refractivity contribution < 1.29 is 52.3 Å². The summed E-state index contributed by atoms with van der Waals surface area (Å²) in [6.07, 6.45) is 8.01. The summed E-state index contributed by atoms with van der Waals surface area (Å²) in [5, 5.41) is -0.190. The van der Waals surface area contributed by atoms with E-state index >= 15 is 0 Å². The van der Waals surface area contributed by atoms with Crippen molar-refractivity contribution in [2.24, 2.45) is 0 Å². The smallest absolute Gasteiger partial charge is 0.343 e. The Kier molecular flexibility index (Phi) is 16.9. The number of carbonyl (C=O) groups excluding carboxylic acids is 4. The zero-order valence-corrected chi connectivity index (χ0v) is 29.8. The maximum absolute atomic E-state index is 12.9. The van der Waals surface area contributed by atoms with Gasteiger partial charge in [0.15, 0.2) is 23.0 Å². The van der Waals surface area contributed by atoms with E-state index < -0.39 is 17.9 Å². The van der Waals surface area contributed by atoms with Gasteiger partial charge in [0.1, 0.15) is 5.75 Å². The minimum absolute atomic E-state index is 0.190. The van der Waals surface area contributed by atoms with Crippen LogP contribution in [-0.2, 0) is 23.9 Å². The molecule has 0 amide bonds. The van der Waals surface area contributed by atoms with E-state index in [0.717, 1.165) is 35.0 Å². The number of thioether (sulfide) groups is 1. The number of esters is 3. The first-order valence-electron chi connectivity index (χ1n) is 16.1. The number of aryl methyl sites for hydroxylation is 1. The van der Waals surface area contributed by atoms with Crippen molar-refractivity contribution in [3.63, 3.8) is 0 Å². The van der Waals surface area contributed by atoms with Crippen molar-refractivity contribution >= 4 is 40.9 Å². The average Bonchev–Trinajstić information content (AvgIpc) is 3.14. The van der Waals surface area contributed by atoms with Gasteiger partial charge in [-0.2, -0.15) is 0 Å². The second-order valence-electron chi connectivity index (χ2n) is 10.7. The molecule has 0 bridgehead atoms. The Morgan fingerprint density at radius 2 is 1.25 bits per heavy atom. The van der Waals surface area contributed by atoms with Crippen LogP contribution in [0.1, 0.15) is 47.2 Å². The maximum Gasteiger partial charge on any atom is 0.343 e. The van der Waals surface area contributed by atoms with Crippen LogP contribution in [0, 0.1) is 6.92 Å². The topological polar surface area (TPSA) is 133 Å². The van der Waals surface area contributed by atoms with Crippen LogP contribution in [0.25, 0.3) is 6.08 Å². The minimum Gasteiger partial charge on any atom is -0.493 e. The SMILES string of the molecule is C=CC(=O)OCCCCOc1ccc(C=CC(=O)Sc2ccc(OC(=O)c3ccc(OCCCCOC(=O)C=C)c(OC)c3)cc2C)cc1OC. The van der Waals surface area contributed by atoms with E-state index in [-0.39, 0.29) is 17.3 Å². The van der Waals surface area contributed by atoms with Gasteiger partial charge in [0.05, 0.1) is 46.2 Å². The predicted molar refractivity (Wildman–Crippen MR) is 194 cm³/mol. The van der Waals surface area contributed by atoms with Crippen LogP contribution < -0.4 is 23.7 Å². The lowest BCUT2D eigenvalue weighted by molar-refractivity contribution is -0.138. The van der Waals surface area contributed by atoms with Crippen molar-refractivity contribution in [2.45, 2.75) is 37.5 Å². The molecule has 0 unspecified atom stereocenters. The van der Waals surface area contributed by atoms with Gasteiger partial charge >= 0.3 is 17.9 Å². The fourth-order valence-electron chi connectivity index (χ4n) is 4.33. The molecule has 0 atom stereocenters. The van der Waals surface area contributed by atoms with Crippen LogP contribution in [0.3, 0.4) is 0 Å². The third kappa shape index (κ3) is 13.7. The maximum atomic E-state index is 12.9. The first-order valence-corrected chi connectivity index (χ1v) is 16.9. The molecule has 0 radical (unpaired) electrons. The summed E-state index contributed by atoms with van der Waals surface area (Å²) in [6.45, 7) is 9.89. The Morgan fingerprint density at radius 1 is 0.686 bits per heavy atom. The van der Waals surface area contributed by atoms with Crippen LogP contribution in [0.2, 0.25) is 0 Å². The Morgan fingerprint density at radius 3 is 1.82 bits per heavy atom. The largest absolute Gasteiger partial charge is 0.493 e. The first kappa shape index (κ1) is 39.9. The number of rotatable bonds is 21. The summed E-state index contributed by atoms with van der Waals surface area (Å²) in [7, 11) is 3.01. The summed E-state index contributed by atoms with van der Waals surface area (Å²) in [5.41, 5.74) is 1.78. The number of carbonyl (C=O) groups is 4. The van der Waals surface area contributed by atoms with E-state index in [4.69, 9.17) is 33.2 Å². The summed E-state index contributed by atoms with van der Waals surface area (Å²) in [5.74, 6) is 0.755. The number of hydrogen-bond donors (Lipinski definition) is 0. The molecule has 3 aromatic carbocycles. The van der Waals surface area contributed by atoms with Gasteiger partial charge in [-0.05, 0) is 110 Å². The number of benzene rings is 3.